The van der Waals surface area contributed by atoms with Gasteiger partial charge >= 0.3 is 0 Å². The van der Waals surface area contributed by atoms with Crippen molar-refractivity contribution in [2.45, 2.75) is 6.92 Å². The third-order valence-corrected chi connectivity index (χ3v) is 3.59. The number of amides is 1. The first-order valence-electron chi connectivity index (χ1n) is 7.46. The van der Waals surface area contributed by atoms with Gasteiger partial charge in [0.2, 0.25) is 0 Å². The lowest BCUT2D eigenvalue weighted by Gasteiger charge is -2.13. The number of hydrogen-bond acceptors (Lipinski definition) is 5. The molecule has 0 aliphatic heterocycles. The molecule has 0 saturated heterocycles. The van der Waals surface area contributed by atoms with Crippen molar-refractivity contribution in [3.63, 3.8) is 0 Å². The van der Waals surface area contributed by atoms with E-state index in [1.54, 1.807) is 18.3 Å². The largest absolute Gasteiger partial charge is 0.378 e. The average Bonchev–Trinajstić information content (AvgIpc) is 3.01. The lowest BCUT2D eigenvalue weighted by Crippen LogP contribution is -2.15. The van der Waals surface area contributed by atoms with Crippen molar-refractivity contribution >= 4 is 17.4 Å². The summed E-state index contributed by atoms with van der Waals surface area (Å²) < 4.78 is 1.82. The summed E-state index contributed by atoms with van der Waals surface area (Å²) in [6.07, 6.45) is 4.92. The molecule has 0 atom stereocenters. The van der Waals surface area contributed by atoms with Gasteiger partial charge in [0.1, 0.15) is 23.8 Å². The molecule has 0 radical (unpaired) electrons. The molecule has 2 aromatic heterocycles. The summed E-state index contributed by atoms with van der Waals surface area (Å²) in [6, 6.07) is 9.11. The molecular weight excluding hydrogens is 304 g/mol. The lowest BCUT2D eigenvalue weighted by molar-refractivity contribution is 0.102. The van der Waals surface area contributed by atoms with Crippen LogP contribution in [0.15, 0.2) is 49.1 Å². The number of carbonyl (C=O) groups excluding carboxylic acids is 1. The molecule has 7 heteroatoms. The van der Waals surface area contributed by atoms with Gasteiger partial charge in [0.15, 0.2) is 0 Å². The van der Waals surface area contributed by atoms with E-state index in [1.165, 1.54) is 6.33 Å². The first-order valence-corrected chi connectivity index (χ1v) is 7.46. The molecule has 3 rings (SSSR count). The van der Waals surface area contributed by atoms with Crippen LogP contribution in [0.1, 0.15) is 16.2 Å². The van der Waals surface area contributed by atoms with Crippen LogP contribution in [0.25, 0.3) is 5.82 Å². The van der Waals surface area contributed by atoms with Crippen LogP contribution in [0.3, 0.4) is 0 Å². The highest BCUT2D eigenvalue weighted by Crippen LogP contribution is 2.16. The Kier molecular flexibility index (Phi) is 4.24. The number of rotatable bonds is 4. The van der Waals surface area contributed by atoms with Crippen molar-refractivity contribution in [1.82, 2.24) is 19.5 Å². The molecule has 7 nitrogen and oxygen atoms in total. The summed E-state index contributed by atoms with van der Waals surface area (Å²) >= 11 is 0. The Bertz CT molecular complexity index is 871. The molecule has 24 heavy (non-hydrogen) atoms. The van der Waals surface area contributed by atoms with Gasteiger partial charge in [0.05, 0.1) is 0 Å². The van der Waals surface area contributed by atoms with Gasteiger partial charge in [-0.15, -0.1) is 0 Å². The molecule has 3 aromatic rings. The van der Waals surface area contributed by atoms with E-state index in [2.05, 4.69) is 20.3 Å². The third-order valence-electron chi connectivity index (χ3n) is 3.59. The second kappa shape index (κ2) is 6.49. The van der Waals surface area contributed by atoms with Gasteiger partial charge in [-0.05, 0) is 25.1 Å². The van der Waals surface area contributed by atoms with E-state index in [9.17, 15) is 4.79 Å². The Morgan fingerprint density at radius 2 is 2.00 bits per heavy atom. The number of aromatic nitrogens is 4. The van der Waals surface area contributed by atoms with Gasteiger partial charge in [-0.25, -0.2) is 15.0 Å². The van der Waals surface area contributed by atoms with Crippen LogP contribution in [-0.4, -0.2) is 39.5 Å². The molecule has 0 fully saturated rings. The predicted molar refractivity (Wildman–Crippen MR) is 92.6 cm³/mol. The highest BCUT2D eigenvalue weighted by atomic mass is 16.1. The average molecular weight is 322 g/mol. The summed E-state index contributed by atoms with van der Waals surface area (Å²) in [5, 5.41) is 2.80. The zero-order chi connectivity index (χ0) is 17.1. The van der Waals surface area contributed by atoms with Gasteiger partial charge in [0.25, 0.3) is 5.91 Å². The van der Waals surface area contributed by atoms with Crippen LogP contribution < -0.4 is 10.2 Å². The van der Waals surface area contributed by atoms with E-state index in [1.807, 2.05) is 54.9 Å². The number of nitrogens with one attached hydrogen (secondary N) is 1. The Morgan fingerprint density at radius 1 is 1.17 bits per heavy atom. The maximum Gasteiger partial charge on any atom is 0.256 e. The van der Waals surface area contributed by atoms with Crippen molar-refractivity contribution in [2.75, 3.05) is 24.3 Å². The molecule has 0 spiro atoms. The van der Waals surface area contributed by atoms with Gasteiger partial charge in [-0.3, -0.25) is 9.36 Å². The number of benzene rings is 1. The van der Waals surface area contributed by atoms with Crippen LogP contribution in [0.5, 0.6) is 0 Å². The molecule has 1 amide bonds. The van der Waals surface area contributed by atoms with E-state index in [0.717, 1.165) is 11.5 Å². The quantitative estimate of drug-likeness (QED) is 0.797. The summed E-state index contributed by atoms with van der Waals surface area (Å²) in [5.74, 6) is 1.68. The van der Waals surface area contributed by atoms with Crippen LogP contribution in [-0.2, 0) is 0 Å². The van der Waals surface area contributed by atoms with E-state index >= 15 is 0 Å². The zero-order valence-corrected chi connectivity index (χ0v) is 13.8. The van der Waals surface area contributed by atoms with E-state index in [-0.39, 0.29) is 5.91 Å². The molecule has 1 N–H and O–H groups in total. The van der Waals surface area contributed by atoms with Crippen molar-refractivity contribution in [1.29, 1.82) is 0 Å². The fraction of sp³-hybridized carbons (Fsp3) is 0.176. The molecule has 0 saturated carbocycles. The molecule has 0 unspecified atom stereocenters. The normalized spacial score (nSPS) is 10.5. The van der Waals surface area contributed by atoms with Gasteiger partial charge in [-0.2, -0.15) is 0 Å². The predicted octanol–water partition coefficient (Wildman–Crippen LogP) is 2.29. The van der Waals surface area contributed by atoms with Crippen molar-refractivity contribution in [3.05, 3.63) is 60.4 Å². The number of nitrogens with zero attached hydrogens (tertiary/aromatic N) is 5. The Hall–Kier alpha value is -3.22. The minimum atomic E-state index is -0.217. The standard InChI is InChI=1S/C17H18N6O/c1-12-18-7-8-23(12)16-10-15(19-11-20-16)21-17(24)13-5-4-6-14(9-13)22(2)3/h4-11H,1-3H3,(H,19,20,21,24). The molecule has 0 aliphatic carbocycles. The maximum atomic E-state index is 12.4. The first kappa shape index (κ1) is 15.7. The van der Waals surface area contributed by atoms with Crippen molar-refractivity contribution in [3.8, 4) is 5.82 Å². The highest BCUT2D eigenvalue weighted by molar-refractivity contribution is 6.04. The highest BCUT2D eigenvalue weighted by Gasteiger charge is 2.10. The van der Waals surface area contributed by atoms with Crippen molar-refractivity contribution < 1.29 is 4.79 Å². The second-order valence-corrected chi connectivity index (χ2v) is 5.50. The Labute approximate surface area is 140 Å². The molecule has 1 aromatic carbocycles. The topological polar surface area (TPSA) is 75.9 Å². The first-order chi connectivity index (χ1) is 11.5. The SMILES string of the molecule is Cc1nccn1-c1cc(NC(=O)c2cccc(N(C)C)c2)ncn1. The fourth-order valence-electron chi connectivity index (χ4n) is 2.28. The number of aryl methyl sites for hydroxylation is 1. The lowest BCUT2D eigenvalue weighted by atomic mass is 10.2. The Morgan fingerprint density at radius 3 is 2.71 bits per heavy atom. The molecular formula is C17H18N6O. The van der Waals surface area contributed by atoms with Crippen LogP contribution in [0, 0.1) is 6.92 Å². The van der Waals surface area contributed by atoms with Crippen LogP contribution in [0.4, 0.5) is 11.5 Å². The minimum absolute atomic E-state index is 0.217. The van der Waals surface area contributed by atoms with E-state index < -0.39 is 0 Å². The number of hydrogen-bond donors (Lipinski definition) is 1. The number of imidazole rings is 1. The van der Waals surface area contributed by atoms with Gasteiger partial charge < -0.3 is 10.2 Å². The molecule has 122 valence electrons. The fourth-order valence-corrected chi connectivity index (χ4v) is 2.28. The van der Waals surface area contributed by atoms with Crippen LogP contribution in [0.2, 0.25) is 0 Å². The third kappa shape index (κ3) is 3.24. The van der Waals surface area contributed by atoms with E-state index in [4.69, 9.17) is 0 Å². The second-order valence-electron chi connectivity index (χ2n) is 5.50. The molecule has 0 bridgehead atoms. The van der Waals surface area contributed by atoms with E-state index in [0.29, 0.717) is 17.2 Å². The van der Waals surface area contributed by atoms with Crippen molar-refractivity contribution in [2.24, 2.45) is 0 Å². The van der Waals surface area contributed by atoms with Gasteiger partial charge in [-0.1, -0.05) is 6.07 Å². The minimum Gasteiger partial charge on any atom is -0.378 e. The summed E-state index contributed by atoms with van der Waals surface area (Å²) in [5.41, 5.74) is 1.53. The molecule has 2 heterocycles. The monoisotopic (exact) mass is 322 g/mol. The zero-order valence-electron chi connectivity index (χ0n) is 13.8. The summed E-state index contributed by atoms with van der Waals surface area (Å²) in [6.45, 7) is 1.88. The maximum absolute atomic E-state index is 12.4. The molecule has 0 aliphatic rings. The number of anilines is 2. The smallest absolute Gasteiger partial charge is 0.256 e. The summed E-state index contributed by atoms with van der Waals surface area (Å²) in [7, 11) is 3.86. The van der Waals surface area contributed by atoms with Gasteiger partial charge in [0, 0.05) is 43.8 Å². The Balaban J connectivity index is 1.82. The van der Waals surface area contributed by atoms with Crippen LogP contribution >= 0.6 is 0 Å². The summed E-state index contributed by atoms with van der Waals surface area (Å²) in [4.78, 5) is 26.9. The number of carbonyl (C=O) groups is 1.